The standard InChI is InChI=1S/C20H18N4O2/c1-13-10-16(19(26-13)14-6-3-2-4-7-14)12-25-17-9-5-8-15(11-17)18-20(21)23-24-22-18/h2-11H,12H2,1H3,(H3,21,22,23,24). The van der Waals surface area contributed by atoms with Gasteiger partial charge in [0.05, 0.1) is 0 Å². The molecule has 0 unspecified atom stereocenters. The van der Waals surface area contributed by atoms with Gasteiger partial charge in [-0.15, -0.1) is 5.10 Å². The van der Waals surface area contributed by atoms with Crippen LogP contribution in [0.25, 0.3) is 22.6 Å². The molecule has 0 aliphatic rings. The van der Waals surface area contributed by atoms with Gasteiger partial charge in [-0.05, 0) is 25.1 Å². The lowest BCUT2D eigenvalue weighted by Crippen LogP contribution is -1.96. The third kappa shape index (κ3) is 3.17. The van der Waals surface area contributed by atoms with Crippen molar-refractivity contribution in [3.63, 3.8) is 0 Å². The SMILES string of the molecule is Cc1cc(COc2cccc(-c3n[nH]nc3N)c2)c(-c2ccccc2)o1. The molecule has 2 aromatic carbocycles. The molecule has 0 aliphatic heterocycles. The van der Waals surface area contributed by atoms with Gasteiger partial charge in [0, 0.05) is 16.7 Å². The molecular weight excluding hydrogens is 328 g/mol. The number of aromatic amines is 1. The highest BCUT2D eigenvalue weighted by Gasteiger charge is 2.13. The number of furan rings is 1. The summed E-state index contributed by atoms with van der Waals surface area (Å²) in [5.74, 6) is 2.77. The predicted molar refractivity (Wildman–Crippen MR) is 99.4 cm³/mol. The van der Waals surface area contributed by atoms with Gasteiger partial charge in [0.25, 0.3) is 0 Å². The Morgan fingerprint density at radius 2 is 1.81 bits per heavy atom. The van der Waals surface area contributed by atoms with E-state index in [9.17, 15) is 0 Å². The van der Waals surface area contributed by atoms with Crippen LogP contribution in [0.2, 0.25) is 0 Å². The van der Waals surface area contributed by atoms with E-state index < -0.39 is 0 Å². The molecule has 0 saturated carbocycles. The summed E-state index contributed by atoms with van der Waals surface area (Å²) in [7, 11) is 0. The van der Waals surface area contributed by atoms with Crippen molar-refractivity contribution in [3.05, 3.63) is 72.0 Å². The number of benzene rings is 2. The van der Waals surface area contributed by atoms with E-state index in [4.69, 9.17) is 14.9 Å². The first kappa shape index (κ1) is 16.0. The quantitative estimate of drug-likeness (QED) is 0.565. The maximum atomic E-state index is 5.99. The van der Waals surface area contributed by atoms with Crippen molar-refractivity contribution in [3.8, 4) is 28.3 Å². The van der Waals surface area contributed by atoms with Crippen LogP contribution in [0.4, 0.5) is 5.82 Å². The van der Waals surface area contributed by atoms with E-state index in [1.54, 1.807) is 0 Å². The lowest BCUT2D eigenvalue weighted by molar-refractivity contribution is 0.306. The van der Waals surface area contributed by atoms with Crippen LogP contribution in [0.1, 0.15) is 11.3 Å². The van der Waals surface area contributed by atoms with Gasteiger partial charge in [0.2, 0.25) is 0 Å². The second-order valence-corrected chi connectivity index (χ2v) is 5.95. The molecule has 4 aromatic rings. The zero-order valence-corrected chi connectivity index (χ0v) is 14.3. The summed E-state index contributed by atoms with van der Waals surface area (Å²) in [6, 6.07) is 19.6. The Morgan fingerprint density at radius 1 is 1.00 bits per heavy atom. The van der Waals surface area contributed by atoms with Gasteiger partial charge in [0.15, 0.2) is 5.82 Å². The third-order valence-electron chi connectivity index (χ3n) is 4.04. The van der Waals surface area contributed by atoms with Crippen molar-refractivity contribution in [1.29, 1.82) is 0 Å². The molecule has 2 heterocycles. The molecule has 3 N–H and O–H groups in total. The fraction of sp³-hybridized carbons (Fsp3) is 0.100. The Labute approximate surface area is 150 Å². The minimum absolute atomic E-state index is 0.360. The van der Waals surface area contributed by atoms with E-state index in [1.807, 2.05) is 67.6 Å². The van der Waals surface area contributed by atoms with Crippen LogP contribution in [-0.4, -0.2) is 15.4 Å². The average Bonchev–Trinajstić information content (AvgIpc) is 3.26. The molecule has 4 rings (SSSR count). The predicted octanol–water partition coefficient (Wildman–Crippen LogP) is 4.20. The number of H-pyrrole nitrogens is 1. The van der Waals surface area contributed by atoms with Crippen LogP contribution in [-0.2, 0) is 6.61 Å². The molecular formula is C20H18N4O2. The van der Waals surface area contributed by atoms with E-state index in [1.165, 1.54) is 0 Å². The molecule has 0 aliphatic carbocycles. The Bertz CT molecular complexity index is 1020. The molecule has 0 amide bonds. The van der Waals surface area contributed by atoms with Gasteiger partial charge >= 0.3 is 0 Å². The molecule has 0 saturated heterocycles. The highest BCUT2D eigenvalue weighted by atomic mass is 16.5. The maximum Gasteiger partial charge on any atom is 0.173 e. The smallest absolute Gasteiger partial charge is 0.173 e. The monoisotopic (exact) mass is 346 g/mol. The Kier molecular flexibility index (Phi) is 4.15. The minimum atomic E-state index is 0.360. The number of hydrogen-bond donors (Lipinski definition) is 2. The van der Waals surface area contributed by atoms with Crippen molar-refractivity contribution < 1.29 is 9.15 Å². The summed E-state index contributed by atoms with van der Waals surface area (Å²) in [6.45, 7) is 2.34. The van der Waals surface area contributed by atoms with Gasteiger partial charge < -0.3 is 14.9 Å². The number of nitrogen functional groups attached to an aromatic ring is 1. The Hall–Kier alpha value is -3.54. The van der Waals surface area contributed by atoms with Crippen LogP contribution < -0.4 is 10.5 Å². The number of rotatable bonds is 5. The van der Waals surface area contributed by atoms with Gasteiger partial charge in [-0.3, -0.25) is 0 Å². The largest absolute Gasteiger partial charge is 0.489 e. The van der Waals surface area contributed by atoms with E-state index in [0.29, 0.717) is 18.1 Å². The number of nitrogens with one attached hydrogen (secondary N) is 1. The number of nitrogens with two attached hydrogens (primary N) is 1. The first-order valence-electron chi connectivity index (χ1n) is 8.25. The average molecular weight is 346 g/mol. The summed E-state index contributed by atoms with van der Waals surface area (Å²) in [5.41, 5.74) is 9.31. The number of aromatic nitrogens is 3. The second kappa shape index (κ2) is 6.76. The molecule has 0 spiro atoms. The summed E-state index contributed by atoms with van der Waals surface area (Å²) < 4.78 is 11.9. The van der Waals surface area contributed by atoms with Crippen molar-refractivity contribution >= 4 is 5.82 Å². The zero-order chi connectivity index (χ0) is 17.9. The molecule has 0 fully saturated rings. The molecule has 0 atom stereocenters. The van der Waals surface area contributed by atoms with Gasteiger partial charge in [0.1, 0.15) is 29.6 Å². The molecule has 0 bridgehead atoms. The van der Waals surface area contributed by atoms with Crippen LogP contribution in [0.3, 0.4) is 0 Å². The third-order valence-corrected chi connectivity index (χ3v) is 4.04. The molecule has 0 radical (unpaired) electrons. The van der Waals surface area contributed by atoms with Crippen LogP contribution in [0.15, 0.2) is 65.1 Å². The van der Waals surface area contributed by atoms with Crippen molar-refractivity contribution in [2.45, 2.75) is 13.5 Å². The highest BCUT2D eigenvalue weighted by molar-refractivity contribution is 5.70. The lowest BCUT2D eigenvalue weighted by atomic mass is 10.1. The van der Waals surface area contributed by atoms with Gasteiger partial charge in [-0.2, -0.15) is 10.3 Å². The van der Waals surface area contributed by atoms with Crippen molar-refractivity contribution in [1.82, 2.24) is 15.4 Å². The number of anilines is 1. The topological polar surface area (TPSA) is 90.0 Å². The van der Waals surface area contributed by atoms with E-state index in [0.717, 1.165) is 34.0 Å². The van der Waals surface area contributed by atoms with Gasteiger partial charge in [-0.25, -0.2) is 0 Å². The number of aryl methyl sites for hydroxylation is 1. The summed E-state index contributed by atoms with van der Waals surface area (Å²) >= 11 is 0. The lowest BCUT2D eigenvalue weighted by Gasteiger charge is -2.08. The van der Waals surface area contributed by atoms with Gasteiger partial charge in [-0.1, -0.05) is 42.5 Å². The van der Waals surface area contributed by atoms with Crippen LogP contribution >= 0.6 is 0 Å². The van der Waals surface area contributed by atoms with E-state index in [2.05, 4.69) is 15.4 Å². The Morgan fingerprint density at radius 3 is 2.58 bits per heavy atom. The van der Waals surface area contributed by atoms with E-state index in [-0.39, 0.29) is 0 Å². The normalized spacial score (nSPS) is 10.8. The summed E-state index contributed by atoms with van der Waals surface area (Å²) in [6.07, 6.45) is 0. The zero-order valence-electron chi connectivity index (χ0n) is 14.3. The molecule has 2 aromatic heterocycles. The molecule has 6 nitrogen and oxygen atoms in total. The first-order chi connectivity index (χ1) is 12.7. The minimum Gasteiger partial charge on any atom is -0.489 e. The van der Waals surface area contributed by atoms with Crippen molar-refractivity contribution in [2.24, 2.45) is 0 Å². The highest BCUT2D eigenvalue weighted by Crippen LogP contribution is 2.29. The number of ether oxygens (including phenoxy) is 1. The maximum absolute atomic E-state index is 5.99. The molecule has 6 heteroatoms. The fourth-order valence-electron chi connectivity index (χ4n) is 2.85. The first-order valence-corrected chi connectivity index (χ1v) is 8.25. The fourth-order valence-corrected chi connectivity index (χ4v) is 2.85. The summed E-state index contributed by atoms with van der Waals surface area (Å²) in [4.78, 5) is 0. The number of hydrogen-bond acceptors (Lipinski definition) is 5. The van der Waals surface area contributed by atoms with Crippen molar-refractivity contribution in [2.75, 3.05) is 5.73 Å². The second-order valence-electron chi connectivity index (χ2n) is 5.95. The van der Waals surface area contributed by atoms with Crippen LogP contribution in [0, 0.1) is 6.92 Å². The molecule has 26 heavy (non-hydrogen) atoms. The Balaban J connectivity index is 1.56. The van der Waals surface area contributed by atoms with Crippen LogP contribution in [0.5, 0.6) is 5.75 Å². The van der Waals surface area contributed by atoms with E-state index >= 15 is 0 Å². The summed E-state index contributed by atoms with van der Waals surface area (Å²) in [5, 5.41) is 10.4. The molecule has 130 valence electrons. The number of nitrogens with zero attached hydrogens (tertiary/aromatic N) is 2.